The summed E-state index contributed by atoms with van der Waals surface area (Å²) < 4.78 is 10.5. The van der Waals surface area contributed by atoms with Crippen molar-refractivity contribution in [2.24, 2.45) is 5.73 Å². The van der Waals surface area contributed by atoms with Crippen molar-refractivity contribution in [1.29, 1.82) is 0 Å². The zero-order chi connectivity index (χ0) is 15.1. The first kappa shape index (κ1) is 16.5. The summed E-state index contributed by atoms with van der Waals surface area (Å²) in [7, 11) is 1.60. The molecule has 0 aliphatic carbocycles. The van der Waals surface area contributed by atoms with Crippen LogP contribution >= 0.6 is 0 Å². The van der Waals surface area contributed by atoms with Gasteiger partial charge in [-0.3, -0.25) is 4.79 Å². The second-order valence-electron chi connectivity index (χ2n) is 5.03. The van der Waals surface area contributed by atoms with Crippen LogP contribution in [0.25, 0.3) is 0 Å². The van der Waals surface area contributed by atoms with Crippen LogP contribution in [0.15, 0.2) is 18.2 Å². The van der Waals surface area contributed by atoms with Crippen LogP contribution in [-0.2, 0) is 9.53 Å². The van der Waals surface area contributed by atoms with Gasteiger partial charge in [0.25, 0.3) is 5.91 Å². The van der Waals surface area contributed by atoms with Gasteiger partial charge >= 0.3 is 0 Å². The molecule has 0 saturated heterocycles. The normalized spacial score (nSPS) is 13.7. The summed E-state index contributed by atoms with van der Waals surface area (Å²) in [5.74, 6) is 0.536. The summed E-state index contributed by atoms with van der Waals surface area (Å²) >= 11 is 0. The number of nitrogens with two attached hydrogens (primary N) is 1. The van der Waals surface area contributed by atoms with Crippen LogP contribution in [0.1, 0.15) is 31.0 Å². The van der Waals surface area contributed by atoms with Crippen molar-refractivity contribution in [1.82, 2.24) is 5.32 Å². The van der Waals surface area contributed by atoms with Crippen molar-refractivity contribution in [3.8, 4) is 5.75 Å². The predicted molar refractivity (Wildman–Crippen MR) is 78.8 cm³/mol. The fourth-order valence-corrected chi connectivity index (χ4v) is 1.87. The topological polar surface area (TPSA) is 73.6 Å². The molecule has 112 valence electrons. The van der Waals surface area contributed by atoms with Crippen molar-refractivity contribution in [3.05, 3.63) is 29.3 Å². The summed E-state index contributed by atoms with van der Waals surface area (Å²) in [5.41, 5.74) is 7.84. The molecule has 3 N–H and O–H groups in total. The van der Waals surface area contributed by atoms with Crippen molar-refractivity contribution in [3.63, 3.8) is 0 Å². The van der Waals surface area contributed by atoms with Gasteiger partial charge in [-0.15, -0.1) is 0 Å². The number of benzene rings is 1. The van der Waals surface area contributed by atoms with Gasteiger partial charge in [0.2, 0.25) is 0 Å². The molecule has 0 aliphatic rings. The fraction of sp³-hybridized carbons (Fsp3) is 0.533. The quantitative estimate of drug-likeness (QED) is 0.794. The maximum atomic E-state index is 11.7. The van der Waals surface area contributed by atoms with Crippen LogP contribution in [0.2, 0.25) is 0 Å². The molecule has 1 amide bonds. The Hall–Kier alpha value is -1.59. The maximum absolute atomic E-state index is 11.7. The molecule has 0 fully saturated rings. The number of amides is 1. The molecule has 5 nitrogen and oxygen atoms in total. The molecule has 0 radical (unpaired) electrons. The first-order valence-electron chi connectivity index (χ1n) is 6.71. The molecular formula is C15H24N2O3. The summed E-state index contributed by atoms with van der Waals surface area (Å²) in [6, 6.07) is 5.70. The zero-order valence-corrected chi connectivity index (χ0v) is 12.6. The van der Waals surface area contributed by atoms with E-state index in [0.29, 0.717) is 12.4 Å². The molecular weight excluding hydrogens is 256 g/mol. The molecule has 0 aromatic heterocycles. The Morgan fingerprint density at radius 3 is 2.65 bits per heavy atom. The number of rotatable bonds is 7. The summed E-state index contributed by atoms with van der Waals surface area (Å²) in [6.07, 6.45) is 0. The third kappa shape index (κ3) is 5.19. The number of methoxy groups -OCH3 is 1. The largest absolute Gasteiger partial charge is 0.484 e. The van der Waals surface area contributed by atoms with E-state index in [1.54, 1.807) is 7.11 Å². The van der Waals surface area contributed by atoms with Crippen LogP contribution in [0.3, 0.4) is 0 Å². The zero-order valence-electron chi connectivity index (χ0n) is 12.6. The van der Waals surface area contributed by atoms with Crippen molar-refractivity contribution in [2.45, 2.75) is 32.9 Å². The lowest BCUT2D eigenvalue weighted by atomic mass is 10.1. The van der Waals surface area contributed by atoms with Gasteiger partial charge in [0.15, 0.2) is 6.61 Å². The second-order valence-corrected chi connectivity index (χ2v) is 5.03. The van der Waals surface area contributed by atoms with E-state index in [4.69, 9.17) is 15.2 Å². The number of carbonyl (C=O) groups is 1. The number of hydrogen-bond acceptors (Lipinski definition) is 4. The highest BCUT2D eigenvalue weighted by atomic mass is 16.5. The van der Waals surface area contributed by atoms with Crippen LogP contribution < -0.4 is 15.8 Å². The minimum absolute atomic E-state index is 0.00752. The number of nitrogens with one attached hydrogen (secondary N) is 1. The van der Waals surface area contributed by atoms with E-state index in [0.717, 1.165) is 11.1 Å². The predicted octanol–water partition coefficient (Wildman–Crippen LogP) is 1.54. The van der Waals surface area contributed by atoms with E-state index in [1.807, 2.05) is 39.0 Å². The Kier molecular flexibility index (Phi) is 6.48. The van der Waals surface area contributed by atoms with E-state index < -0.39 is 0 Å². The van der Waals surface area contributed by atoms with E-state index in [1.165, 1.54) is 0 Å². The summed E-state index contributed by atoms with van der Waals surface area (Å²) in [4.78, 5) is 11.7. The van der Waals surface area contributed by atoms with Crippen LogP contribution in [0, 0.1) is 6.92 Å². The molecule has 0 aliphatic heterocycles. The highest BCUT2D eigenvalue weighted by Gasteiger charge is 2.09. The van der Waals surface area contributed by atoms with E-state index >= 15 is 0 Å². The Morgan fingerprint density at radius 2 is 2.10 bits per heavy atom. The van der Waals surface area contributed by atoms with Gasteiger partial charge < -0.3 is 20.5 Å². The van der Waals surface area contributed by atoms with E-state index in [2.05, 4.69) is 5.32 Å². The van der Waals surface area contributed by atoms with Crippen LogP contribution in [-0.4, -0.2) is 32.3 Å². The first-order chi connectivity index (χ1) is 9.43. The molecule has 1 aromatic carbocycles. The minimum atomic E-state index is -0.162. The Morgan fingerprint density at radius 1 is 1.40 bits per heavy atom. The van der Waals surface area contributed by atoms with Crippen molar-refractivity contribution >= 4 is 5.91 Å². The van der Waals surface area contributed by atoms with Crippen molar-refractivity contribution < 1.29 is 14.3 Å². The Labute approximate surface area is 120 Å². The lowest BCUT2D eigenvalue weighted by molar-refractivity contribution is -0.124. The van der Waals surface area contributed by atoms with Gasteiger partial charge in [0.1, 0.15) is 5.75 Å². The molecule has 5 heteroatoms. The fourth-order valence-electron chi connectivity index (χ4n) is 1.87. The summed E-state index contributed by atoms with van der Waals surface area (Å²) in [6.45, 7) is 6.22. The van der Waals surface area contributed by atoms with Crippen molar-refractivity contribution in [2.75, 3.05) is 20.3 Å². The van der Waals surface area contributed by atoms with Gasteiger partial charge in [-0.2, -0.15) is 0 Å². The van der Waals surface area contributed by atoms with Gasteiger partial charge in [0, 0.05) is 19.2 Å². The van der Waals surface area contributed by atoms with E-state index in [-0.39, 0.29) is 24.6 Å². The standard InChI is InChI=1S/C15H24N2O3/c1-10-7-13(12(3)16)5-6-14(10)20-9-15(18)17-11(2)8-19-4/h5-7,11-12H,8-9,16H2,1-4H3,(H,17,18). The summed E-state index contributed by atoms with van der Waals surface area (Å²) in [5, 5.41) is 2.79. The number of carbonyl (C=O) groups excluding carboxylic acids is 1. The minimum Gasteiger partial charge on any atom is -0.484 e. The first-order valence-corrected chi connectivity index (χ1v) is 6.71. The molecule has 0 saturated carbocycles. The van der Waals surface area contributed by atoms with Gasteiger partial charge in [-0.1, -0.05) is 12.1 Å². The highest BCUT2D eigenvalue weighted by Crippen LogP contribution is 2.21. The maximum Gasteiger partial charge on any atom is 0.258 e. The van der Waals surface area contributed by atoms with Gasteiger partial charge in [-0.25, -0.2) is 0 Å². The lowest BCUT2D eigenvalue weighted by Gasteiger charge is -2.15. The lowest BCUT2D eigenvalue weighted by Crippen LogP contribution is -2.38. The Bertz CT molecular complexity index is 447. The molecule has 0 spiro atoms. The number of hydrogen-bond donors (Lipinski definition) is 2. The third-order valence-electron chi connectivity index (χ3n) is 2.91. The molecule has 2 atom stereocenters. The number of ether oxygens (including phenoxy) is 2. The van der Waals surface area contributed by atoms with E-state index in [9.17, 15) is 4.79 Å². The van der Waals surface area contributed by atoms with Crippen LogP contribution in [0.4, 0.5) is 0 Å². The molecule has 20 heavy (non-hydrogen) atoms. The van der Waals surface area contributed by atoms with Crippen LogP contribution in [0.5, 0.6) is 5.75 Å². The van der Waals surface area contributed by atoms with Gasteiger partial charge in [-0.05, 0) is 38.0 Å². The molecule has 1 rings (SSSR count). The van der Waals surface area contributed by atoms with Gasteiger partial charge in [0.05, 0.1) is 6.61 Å². The molecule has 1 aromatic rings. The number of aryl methyl sites for hydroxylation is 1. The highest BCUT2D eigenvalue weighted by molar-refractivity contribution is 5.77. The molecule has 0 bridgehead atoms. The average molecular weight is 280 g/mol. The smallest absolute Gasteiger partial charge is 0.258 e. The Balaban J connectivity index is 2.51. The molecule has 2 unspecified atom stereocenters. The monoisotopic (exact) mass is 280 g/mol. The third-order valence-corrected chi connectivity index (χ3v) is 2.91. The average Bonchev–Trinajstić information content (AvgIpc) is 2.37. The SMILES string of the molecule is COCC(C)NC(=O)COc1ccc(C(C)N)cc1C. The second kappa shape index (κ2) is 7.87. The molecule has 0 heterocycles.